The molecule has 88 valence electrons. The minimum atomic E-state index is -0.384. The lowest BCUT2D eigenvalue weighted by Gasteiger charge is -2.22. The van der Waals surface area contributed by atoms with Crippen LogP contribution in [0.5, 0.6) is 5.88 Å². The Kier molecular flexibility index (Phi) is 3.55. The van der Waals surface area contributed by atoms with Gasteiger partial charge in [0.2, 0.25) is 5.88 Å². The molecule has 0 radical (unpaired) electrons. The van der Waals surface area contributed by atoms with Crippen LogP contribution in [-0.4, -0.2) is 21.9 Å². The highest BCUT2D eigenvalue weighted by Gasteiger charge is 2.20. The zero-order valence-corrected chi connectivity index (χ0v) is 10.2. The van der Waals surface area contributed by atoms with E-state index in [4.69, 9.17) is 15.7 Å². The van der Waals surface area contributed by atoms with Crippen LogP contribution in [-0.2, 0) is 7.05 Å². The van der Waals surface area contributed by atoms with Crippen molar-refractivity contribution in [2.24, 2.45) is 12.8 Å². The molecular formula is C11H18N4O. The molecule has 0 saturated carbocycles. The summed E-state index contributed by atoms with van der Waals surface area (Å²) in [7, 11) is 1.75. The van der Waals surface area contributed by atoms with E-state index in [9.17, 15) is 0 Å². The van der Waals surface area contributed by atoms with Gasteiger partial charge in [-0.2, -0.15) is 10.4 Å². The molecule has 0 fully saturated rings. The fraction of sp³-hybridized carbons (Fsp3) is 0.636. The summed E-state index contributed by atoms with van der Waals surface area (Å²) in [6, 6.07) is 2.09. The number of nitriles is 1. The summed E-state index contributed by atoms with van der Waals surface area (Å²) in [5.74, 6) is 0.491. The Morgan fingerprint density at radius 1 is 1.62 bits per heavy atom. The maximum absolute atomic E-state index is 8.98. The number of nitrogens with zero attached hydrogens (tertiary/aromatic N) is 3. The molecule has 0 saturated heterocycles. The molecule has 1 atom stereocenters. The summed E-state index contributed by atoms with van der Waals surface area (Å²) in [5, 5.41) is 13.1. The second-order valence-electron chi connectivity index (χ2n) is 4.30. The topological polar surface area (TPSA) is 76.9 Å². The van der Waals surface area contributed by atoms with Gasteiger partial charge >= 0.3 is 0 Å². The molecular weight excluding hydrogens is 204 g/mol. The molecule has 5 heteroatoms. The molecule has 0 aliphatic rings. The van der Waals surface area contributed by atoms with Crippen LogP contribution in [0, 0.1) is 18.3 Å². The molecule has 0 bridgehead atoms. The molecule has 0 aliphatic heterocycles. The molecule has 1 rings (SSSR count). The third kappa shape index (κ3) is 2.52. The first kappa shape index (κ1) is 12.5. The number of aryl methyl sites for hydroxylation is 2. The molecule has 1 aromatic heterocycles. The minimum absolute atomic E-state index is 0.372. The van der Waals surface area contributed by atoms with Crippen LogP contribution in [0.25, 0.3) is 0 Å². The van der Waals surface area contributed by atoms with Crippen LogP contribution in [0.2, 0.25) is 0 Å². The summed E-state index contributed by atoms with van der Waals surface area (Å²) in [5.41, 5.74) is 6.75. The number of hydrogen-bond acceptors (Lipinski definition) is 4. The zero-order chi connectivity index (χ0) is 12.3. The first-order valence-corrected chi connectivity index (χ1v) is 5.26. The fourth-order valence-electron chi connectivity index (χ4n) is 1.27. The first-order chi connectivity index (χ1) is 7.41. The first-order valence-electron chi connectivity index (χ1n) is 5.26. The van der Waals surface area contributed by atoms with Gasteiger partial charge in [-0.25, -0.2) is 4.68 Å². The van der Waals surface area contributed by atoms with Crippen LogP contribution in [0.15, 0.2) is 0 Å². The van der Waals surface area contributed by atoms with Gasteiger partial charge in [-0.3, -0.25) is 0 Å². The molecule has 2 N–H and O–H groups in total. The van der Waals surface area contributed by atoms with Crippen molar-refractivity contribution in [3.8, 4) is 11.9 Å². The standard InChI is InChI=1S/C11H18N4O/c1-5-11(3,13)7-16-10-9(6-12)8(2)14-15(10)4/h5,7,13H2,1-4H3. The maximum atomic E-state index is 8.98. The van der Waals surface area contributed by atoms with Crippen molar-refractivity contribution in [1.29, 1.82) is 5.26 Å². The predicted octanol–water partition coefficient (Wildman–Crippen LogP) is 1.11. The van der Waals surface area contributed by atoms with Crippen molar-refractivity contribution >= 4 is 0 Å². The van der Waals surface area contributed by atoms with Gasteiger partial charge in [0.05, 0.1) is 5.69 Å². The third-order valence-electron chi connectivity index (χ3n) is 2.63. The Labute approximate surface area is 95.8 Å². The second kappa shape index (κ2) is 4.54. The Hall–Kier alpha value is -1.54. The Morgan fingerprint density at radius 3 is 2.75 bits per heavy atom. The summed E-state index contributed by atoms with van der Waals surface area (Å²) < 4.78 is 7.16. The second-order valence-corrected chi connectivity index (χ2v) is 4.30. The summed E-state index contributed by atoms with van der Waals surface area (Å²) >= 11 is 0. The van der Waals surface area contributed by atoms with E-state index in [0.717, 1.165) is 6.42 Å². The van der Waals surface area contributed by atoms with Crippen LogP contribution >= 0.6 is 0 Å². The van der Waals surface area contributed by atoms with Crippen LogP contribution in [0.1, 0.15) is 31.5 Å². The summed E-state index contributed by atoms with van der Waals surface area (Å²) in [4.78, 5) is 0. The van der Waals surface area contributed by atoms with Gasteiger partial charge < -0.3 is 10.5 Å². The largest absolute Gasteiger partial charge is 0.475 e. The molecule has 5 nitrogen and oxygen atoms in total. The van der Waals surface area contributed by atoms with Gasteiger partial charge in [0.15, 0.2) is 0 Å². The Balaban J connectivity index is 2.86. The number of nitrogens with two attached hydrogens (primary N) is 1. The van der Waals surface area contributed by atoms with Gasteiger partial charge in [-0.05, 0) is 20.3 Å². The summed E-state index contributed by atoms with van der Waals surface area (Å²) in [6.07, 6.45) is 0.811. The number of aromatic nitrogens is 2. The SMILES string of the molecule is CCC(C)(N)COc1c(C#N)c(C)nn1C. The number of ether oxygens (including phenoxy) is 1. The molecule has 1 unspecified atom stereocenters. The molecule has 0 aliphatic carbocycles. The molecule has 0 spiro atoms. The lowest BCUT2D eigenvalue weighted by molar-refractivity contribution is 0.210. The lowest BCUT2D eigenvalue weighted by Crippen LogP contribution is -2.41. The monoisotopic (exact) mass is 222 g/mol. The number of hydrogen-bond donors (Lipinski definition) is 1. The van der Waals surface area contributed by atoms with E-state index in [-0.39, 0.29) is 5.54 Å². The van der Waals surface area contributed by atoms with Gasteiger partial charge in [-0.15, -0.1) is 0 Å². The van der Waals surface area contributed by atoms with Crippen molar-refractivity contribution in [3.63, 3.8) is 0 Å². The number of rotatable bonds is 4. The van der Waals surface area contributed by atoms with Crippen LogP contribution in [0.3, 0.4) is 0 Å². The van der Waals surface area contributed by atoms with E-state index >= 15 is 0 Å². The van der Waals surface area contributed by atoms with E-state index in [1.165, 1.54) is 0 Å². The van der Waals surface area contributed by atoms with Gasteiger partial charge in [0, 0.05) is 12.6 Å². The zero-order valence-electron chi connectivity index (χ0n) is 10.2. The Morgan fingerprint density at radius 2 is 2.25 bits per heavy atom. The van der Waals surface area contributed by atoms with E-state index in [2.05, 4.69) is 11.2 Å². The molecule has 1 aromatic rings. The molecule has 1 heterocycles. The summed E-state index contributed by atoms with van der Waals surface area (Å²) in [6.45, 7) is 6.08. The van der Waals surface area contributed by atoms with Crippen molar-refractivity contribution in [2.75, 3.05) is 6.61 Å². The highest BCUT2D eigenvalue weighted by molar-refractivity contribution is 5.41. The molecule has 16 heavy (non-hydrogen) atoms. The van der Waals surface area contributed by atoms with Crippen LogP contribution < -0.4 is 10.5 Å². The van der Waals surface area contributed by atoms with E-state index in [0.29, 0.717) is 23.7 Å². The van der Waals surface area contributed by atoms with Crippen molar-refractivity contribution in [1.82, 2.24) is 9.78 Å². The Bertz CT molecular complexity index is 414. The average Bonchev–Trinajstić information content (AvgIpc) is 2.50. The maximum Gasteiger partial charge on any atom is 0.230 e. The lowest BCUT2D eigenvalue weighted by atomic mass is 10.0. The van der Waals surface area contributed by atoms with E-state index in [1.807, 2.05) is 13.8 Å². The highest BCUT2D eigenvalue weighted by atomic mass is 16.5. The van der Waals surface area contributed by atoms with Crippen molar-refractivity contribution in [2.45, 2.75) is 32.7 Å². The van der Waals surface area contributed by atoms with Gasteiger partial charge in [0.1, 0.15) is 18.2 Å². The van der Waals surface area contributed by atoms with E-state index < -0.39 is 0 Å². The third-order valence-corrected chi connectivity index (χ3v) is 2.63. The van der Waals surface area contributed by atoms with Crippen molar-refractivity contribution < 1.29 is 4.74 Å². The highest BCUT2D eigenvalue weighted by Crippen LogP contribution is 2.21. The van der Waals surface area contributed by atoms with Gasteiger partial charge in [0.25, 0.3) is 0 Å². The van der Waals surface area contributed by atoms with Gasteiger partial charge in [-0.1, -0.05) is 6.92 Å². The molecule has 0 amide bonds. The average molecular weight is 222 g/mol. The fourth-order valence-corrected chi connectivity index (χ4v) is 1.27. The minimum Gasteiger partial charge on any atom is -0.475 e. The van der Waals surface area contributed by atoms with Crippen molar-refractivity contribution in [3.05, 3.63) is 11.3 Å². The quantitative estimate of drug-likeness (QED) is 0.827. The predicted molar refractivity (Wildman–Crippen MR) is 61.0 cm³/mol. The smallest absolute Gasteiger partial charge is 0.230 e. The normalized spacial score (nSPS) is 14.2. The van der Waals surface area contributed by atoms with E-state index in [1.54, 1.807) is 18.7 Å². The van der Waals surface area contributed by atoms with Crippen LogP contribution in [0.4, 0.5) is 0 Å². The molecule has 0 aromatic carbocycles.